The van der Waals surface area contributed by atoms with Crippen molar-refractivity contribution in [3.63, 3.8) is 0 Å². The van der Waals surface area contributed by atoms with Gasteiger partial charge in [-0.3, -0.25) is 14.5 Å². The summed E-state index contributed by atoms with van der Waals surface area (Å²) in [6.07, 6.45) is 0.948. The Morgan fingerprint density at radius 3 is 2.48 bits per heavy atom. The lowest BCUT2D eigenvalue weighted by molar-refractivity contribution is -0.157. The molecule has 2 rings (SSSR count). The van der Waals surface area contributed by atoms with Crippen molar-refractivity contribution in [3.05, 3.63) is 22.2 Å². The number of β-lactam (4-membered cyclic amide) rings is 1. The van der Waals surface area contributed by atoms with Crippen molar-refractivity contribution < 1.29 is 29.3 Å². The van der Waals surface area contributed by atoms with E-state index < -0.39 is 34.7 Å². The molecule has 0 unspecified atom stereocenters. The molecule has 172 valence electrons. The number of aliphatic hydroxyl groups is 1. The SMILES string of the molecule is CCS[C@@H]1[C@@H]([C@@H](C)O)C(=O)N1C(C(=O)O)=C(Oc1ccsc1SC)SC(=O)C(C)(C)C. The number of hydrogen-bond donors (Lipinski definition) is 2. The Bertz CT molecular complexity index is 873. The molecule has 0 saturated carbocycles. The third-order valence-corrected chi connectivity index (χ3v) is 8.85. The topological polar surface area (TPSA) is 104 Å². The largest absolute Gasteiger partial charge is 0.476 e. The van der Waals surface area contributed by atoms with Crippen LogP contribution in [0.4, 0.5) is 0 Å². The van der Waals surface area contributed by atoms with Crippen LogP contribution in [0.3, 0.4) is 0 Å². The molecular weight excluding hydrogens is 478 g/mol. The second-order valence-corrected chi connectivity index (χ2v) is 12.1. The lowest BCUT2D eigenvalue weighted by Gasteiger charge is -2.47. The standard InChI is InChI=1S/C20H27NO6S4/c1-7-29-15-12(10(2)22)14(23)21(15)13(16(24)25)17(31-19(26)20(3,4)5)27-11-8-9-30-18(11)28-6/h8-10,12,15,22H,7H2,1-6H3,(H,24,25)/t10-,12+,15-/m1/s1. The van der Waals surface area contributed by atoms with Crippen molar-refractivity contribution in [1.82, 2.24) is 4.90 Å². The van der Waals surface area contributed by atoms with Gasteiger partial charge in [0.25, 0.3) is 0 Å². The second-order valence-electron chi connectivity index (χ2n) is 7.78. The summed E-state index contributed by atoms with van der Waals surface area (Å²) >= 11 is 4.92. The number of amides is 1. The summed E-state index contributed by atoms with van der Waals surface area (Å²) in [4.78, 5) is 39.1. The fraction of sp³-hybridized carbons (Fsp3) is 0.550. The van der Waals surface area contributed by atoms with Crippen molar-refractivity contribution in [3.8, 4) is 5.75 Å². The molecule has 1 saturated heterocycles. The third-order valence-electron chi connectivity index (χ3n) is 4.36. The van der Waals surface area contributed by atoms with E-state index in [1.807, 2.05) is 18.6 Å². The molecule has 0 aliphatic carbocycles. The summed E-state index contributed by atoms with van der Waals surface area (Å²) in [5.41, 5.74) is -1.13. The summed E-state index contributed by atoms with van der Waals surface area (Å²) in [6.45, 7) is 8.59. The monoisotopic (exact) mass is 505 g/mol. The van der Waals surface area contributed by atoms with Gasteiger partial charge in [0.2, 0.25) is 11.0 Å². The molecule has 1 aliphatic rings. The lowest BCUT2D eigenvalue weighted by Crippen LogP contribution is -2.63. The van der Waals surface area contributed by atoms with E-state index in [4.69, 9.17) is 4.74 Å². The molecule has 3 atom stereocenters. The predicted octanol–water partition coefficient (Wildman–Crippen LogP) is 4.33. The zero-order valence-corrected chi connectivity index (χ0v) is 21.5. The molecule has 1 amide bonds. The Labute approximate surface area is 199 Å². The van der Waals surface area contributed by atoms with Crippen LogP contribution in [-0.4, -0.2) is 55.6 Å². The van der Waals surface area contributed by atoms with Crippen LogP contribution in [-0.2, 0) is 14.4 Å². The van der Waals surface area contributed by atoms with Crippen LogP contribution in [0, 0.1) is 11.3 Å². The second kappa shape index (κ2) is 10.7. The highest BCUT2D eigenvalue weighted by atomic mass is 32.2. The van der Waals surface area contributed by atoms with Gasteiger partial charge < -0.3 is 14.9 Å². The van der Waals surface area contributed by atoms with E-state index in [1.165, 1.54) is 41.8 Å². The summed E-state index contributed by atoms with van der Waals surface area (Å²) in [6, 6.07) is 1.70. The van der Waals surface area contributed by atoms with E-state index in [0.29, 0.717) is 23.3 Å². The highest BCUT2D eigenvalue weighted by Crippen LogP contribution is 2.44. The van der Waals surface area contributed by atoms with Crippen molar-refractivity contribution in [2.75, 3.05) is 12.0 Å². The number of carboxylic acid groups (broad SMARTS) is 1. The maximum Gasteiger partial charge on any atom is 0.357 e. The molecule has 1 aromatic rings. The van der Waals surface area contributed by atoms with Crippen LogP contribution >= 0.6 is 46.6 Å². The number of thioether (sulfide) groups is 3. The molecule has 0 bridgehead atoms. The van der Waals surface area contributed by atoms with Gasteiger partial charge in [-0.15, -0.1) is 34.9 Å². The lowest BCUT2D eigenvalue weighted by atomic mass is 9.92. The zero-order valence-electron chi connectivity index (χ0n) is 18.2. The Morgan fingerprint density at radius 1 is 1.35 bits per heavy atom. The van der Waals surface area contributed by atoms with Crippen LogP contribution in [0.5, 0.6) is 5.75 Å². The van der Waals surface area contributed by atoms with E-state index in [9.17, 15) is 24.6 Å². The number of carboxylic acids is 1. The van der Waals surface area contributed by atoms with Crippen molar-refractivity contribution in [2.24, 2.45) is 11.3 Å². The number of carbonyl (C=O) groups is 3. The van der Waals surface area contributed by atoms with Gasteiger partial charge >= 0.3 is 5.97 Å². The Hall–Kier alpha value is -1.14. The van der Waals surface area contributed by atoms with E-state index in [-0.39, 0.29) is 15.9 Å². The summed E-state index contributed by atoms with van der Waals surface area (Å²) < 4.78 is 6.78. The minimum Gasteiger partial charge on any atom is -0.476 e. The fourth-order valence-corrected chi connectivity index (χ4v) is 6.31. The van der Waals surface area contributed by atoms with Gasteiger partial charge in [0.05, 0.1) is 17.4 Å². The molecule has 11 heteroatoms. The summed E-state index contributed by atoms with van der Waals surface area (Å²) in [5.74, 6) is -1.54. The van der Waals surface area contributed by atoms with Crippen LogP contribution in [0.25, 0.3) is 0 Å². The molecule has 2 heterocycles. The maximum absolute atomic E-state index is 12.9. The minimum absolute atomic E-state index is 0.153. The molecule has 2 N–H and O–H groups in total. The zero-order chi connectivity index (χ0) is 23.5. The molecule has 31 heavy (non-hydrogen) atoms. The Morgan fingerprint density at radius 2 is 2.00 bits per heavy atom. The average Bonchev–Trinajstić information content (AvgIpc) is 3.10. The fourth-order valence-electron chi connectivity index (χ4n) is 2.77. The minimum atomic E-state index is -1.37. The number of carbonyl (C=O) groups excluding carboxylic acids is 2. The van der Waals surface area contributed by atoms with Gasteiger partial charge in [-0.05, 0) is 42.1 Å². The molecule has 1 fully saturated rings. The van der Waals surface area contributed by atoms with Crippen LogP contribution in [0.2, 0.25) is 0 Å². The van der Waals surface area contributed by atoms with E-state index in [0.717, 1.165) is 9.11 Å². The number of ether oxygens (including phenoxy) is 1. The first kappa shape index (κ1) is 26.1. The van der Waals surface area contributed by atoms with Crippen molar-refractivity contribution in [2.45, 2.75) is 50.3 Å². The van der Waals surface area contributed by atoms with E-state index >= 15 is 0 Å². The number of likely N-dealkylation sites (tertiary alicyclic amines) is 1. The Kier molecular flexibility index (Phi) is 8.97. The number of nitrogens with zero attached hydrogens (tertiary/aromatic N) is 1. The van der Waals surface area contributed by atoms with Crippen LogP contribution in [0.15, 0.2) is 26.4 Å². The molecule has 7 nitrogen and oxygen atoms in total. The first-order chi connectivity index (χ1) is 14.4. The average molecular weight is 506 g/mol. The first-order valence-corrected chi connectivity index (χ1v) is 13.5. The molecule has 0 spiro atoms. The van der Waals surface area contributed by atoms with Gasteiger partial charge in [-0.2, -0.15) is 0 Å². The maximum atomic E-state index is 12.9. The van der Waals surface area contributed by atoms with Gasteiger partial charge in [-0.25, -0.2) is 4.79 Å². The smallest absolute Gasteiger partial charge is 0.357 e. The number of hydrogen-bond acceptors (Lipinski definition) is 9. The highest BCUT2D eigenvalue weighted by Gasteiger charge is 2.54. The van der Waals surface area contributed by atoms with E-state index in [1.54, 1.807) is 26.8 Å². The normalized spacial score (nSPS) is 20.7. The van der Waals surface area contributed by atoms with Crippen molar-refractivity contribution >= 4 is 63.6 Å². The van der Waals surface area contributed by atoms with Gasteiger partial charge in [0, 0.05) is 5.41 Å². The van der Waals surface area contributed by atoms with Crippen molar-refractivity contribution in [1.29, 1.82) is 0 Å². The van der Waals surface area contributed by atoms with Crippen LogP contribution < -0.4 is 4.74 Å². The quantitative estimate of drug-likeness (QED) is 0.220. The third kappa shape index (κ3) is 5.81. The molecular formula is C20H27NO6S4. The number of aliphatic hydroxyl groups excluding tert-OH is 1. The van der Waals surface area contributed by atoms with E-state index in [2.05, 4.69) is 0 Å². The summed E-state index contributed by atoms with van der Waals surface area (Å²) in [5, 5.41) is 20.9. The predicted molar refractivity (Wildman–Crippen MR) is 127 cm³/mol. The van der Waals surface area contributed by atoms with Crippen LogP contribution in [0.1, 0.15) is 34.6 Å². The Balaban J connectivity index is 2.59. The molecule has 0 aromatic carbocycles. The first-order valence-electron chi connectivity index (χ1n) is 9.55. The molecule has 1 aromatic heterocycles. The number of rotatable bonds is 9. The molecule has 0 radical (unpaired) electrons. The number of aliphatic carboxylic acids is 1. The van der Waals surface area contributed by atoms with Gasteiger partial charge in [0.15, 0.2) is 16.5 Å². The molecule has 1 aliphatic heterocycles. The van der Waals surface area contributed by atoms with Gasteiger partial charge in [-0.1, -0.05) is 27.7 Å². The number of thiophene rings is 1. The van der Waals surface area contributed by atoms with Gasteiger partial charge in [0.1, 0.15) is 4.21 Å². The summed E-state index contributed by atoms with van der Waals surface area (Å²) in [7, 11) is 0. The highest BCUT2D eigenvalue weighted by molar-refractivity contribution is 8.16.